The molecule has 1 atom stereocenters. The highest BCUT2D eigenvalue weighted by molar-refractivity contribution is 9.10. The van der Waals surface area contributed by atoms with Gasteiger partial charge in [-0.3, -0.25) is 4.79 Å². The normalized spacial score (nSPS) is 12.2. The van der Waals surface area contributed by atoms with Crippen LogP contribution in [-0.2, 0) is 4.79 Å². The summed E-state index contributed by atoms with van der Waals surface area (Å²) in [6.45, 7) is 1.46. The molecule has 0 saturated heterocycles. The second kappa shape index (κ2) is 6.61. The Balaban J connectivity index is 2.24. The van der Waals surface area contributed by atoms with Gasteiger partial charge >= 0.3 is 5.63 Å². The number of benzene rings is 2. The predicted octanol–water partition coefficient (Wildman–Crippen LogP) is 4.37. The van der Waals surface area contributed by atoms with Crippen molar-refractivity contribution in [1.82, 2.24) is 0 Å². The summed E-state index contributed by atoms with van der Waals surface area (Å²) in [5.41, 5.74) is 0.582. The highest BCUT2D eigenvalue weighted by atomic mass is 79.9. The highest BCUT2D eigenvalue weighted by Gasteiger charge is 2.25. The Kier molecular flexibility index (Phi) is 4.53. The van der Waals surface area contributed by atoms with Gasteiger partial charge in [-0.2, -0.15) is 0 Å². The number of para-hydroxylation sites is 1. The minimum absolute atomic E-state index is 0.0742. The van der Waals surface area contributed by atoms with Gasteiger partial charge < -0.3 is 9.52 Å². The molecule has 1 unspecified atom stereocenters. The average molecular weight is 387 g/mol. The molecule has 0 fully saturated rings. The van der Waals surface area contributed by atoms with E-state index in [-0.39, 0.29) is 23.5 Å². The van der Waals surface area contributed by atoms with E-state index < -0.39 is 11.5 Å². The van der Waals surface area contributed by atoms with Crippen LogP contribution in [0.25, 0.3) is 11.0 Å². The van der Waals surface area contributed by atoms with Crippen molar-refractivity contribution in [2.75, 3.05) is 0 Å². The van der Waals surface area contributed by atoms with Crippen molar-refractivity contribution in [2.45, 2.75) is 19.3 Å². The molecule has 5 heteroatoms. The molecule has 0 aliphatic heterocycles. The maximum Gasteiger partial charge on any atom is 0.343 e. The van der Waals surface area contributed by atoms with E-state index in [1.165, 1.54) is 6.92 Å². The van der Waals surface area contributed by atoms with E-state index in [4.69, 9.17) is 4.42 Å². The summed E-state index contributed by atoms with van der Waals surface area (Å²) < 4.78 is 6.24. The quantitative estimate of drug-likeness (QED) is 0.675. The maximum absolute atomic E-state index is 12.5. The highest BCUT2D eigenvalue weighted by Crippen LogP contribution is 2.36. The molecule has 1 N–H and O–H groups in total. The van der Waals surface area contributed by atoms with Gasteiger partial charge in [-0.1, -0.05) is 40.2 Å². The topological polar surface area (TPSA) is 67.5 Å². The summed E-state index contributed by atoms with van der Waals surface area (Å²) in [6.07, 6.45) is 0.109. The molecule has 0 saturated carbocycles. The second-order valence-electron chi connectivity index (χ2n) is 5.66. The zero-order valence-corrected chi connectivity index (χ0v) is 14.5. The number of aromatic hydroxyl groups is 1. The van der Waals surface area contributed by atoms with E-state index in [9.17, 15) is 14.7 Å². The SMILES string of the molecule is CC(=O)CC(c1ccc(Br)cc1)c1c(O)c2ccccc2oc1=O. The molecular weight excluding hydrogens is 372 g/mol. The van der Waals surface area contributed by atoms with Crippen molar-refractivity contribution in [1.29, 1.82) is 0 Å². The molecule has 1 aromatic heterocycles. The average Bonchev–Trinajstić information content (AvgIpc) is 2.54. The molecule has 4 nitrogen and oxygen atoms in total. The lowest BCUT2D eigenvalue weighted by Crippen LogP contribution is -2.16. The molecule has 0 spiro atoms. The van der Waals surface area contributed by atoms with Gasteiger partial charge in [0.05, 0.1) is 10.9 Å². The lowest BCUT2D eigenvalue weighted by Gasteiger charge is -2.17. The van der Waals surface area contributed by atoms with E-state index in [1.54, 1.807) is 24.3 Å². The molecular formula is C19H15BrO4. The van der Waals surface area contributed by atoms with Gasteiger partial charge in [0.1, 0.15) is 17.1 Å². The van der Waals surface area contributed by atoms with Gasteiger partial charge in [0.15, 0.2) is 0 Å². The van der Waals surface area contributed by atoms with E-state index in [1.807, 2.05) is 24.3 Å². The van der Waals surface area contributed by atoms with Crippen LogP contribution in [0.4, 0.5) is 0 Å². The Morgan fingerprint density at radius 2 is 1.83 bits per heavy atom. The number of hydrogen-bond acceptors (Lipinski definition) is 4. The van der Waals surface area contributed by atoms with E-state index in [0.717, 1.165) is 10.0 Å². The summed E-state index contributed by atoms with van der Waals surface area (Å²) in [6, 6.07) is 14.1. The monoisotopic (exact) mass is 386 g/mol. The third-order valence-electron chi connectivity index (χ3n) is 3.93. The Labute approximate surface area is 146 Å². The first kappa shape index (κ1) is 16.5. The number of ketones is 1. The Morgan fingerprint density at radius 1 is 1.17 bits per heavy atom. The van der Waals surface area contributed by atoms with Crippen LogP contribution in [0.1, 0.15) is 30.4 Å². The second-order valence-corrected chi connectivity index (χ2v) is 6.57. The number of Topliss-reactive ketones (excluding diaryl/α,β-unsaturated/α-hetero) is 1. The Morgan fingerprint density at radius 3 is 2.50 bits per heavy atom. The van der Waals surface area contributed by atoms with Crippen LogP contribution in [0.15, 0.2) is 62.2 Å². The van der Waals surface area contributed by atoms with E-state index >= 15 is 0 Å². The summed E-state index contributed by atoms with van der Waals surface area (Å²) in [5, 5.41) is 11.1. The van der Waals surface area contributed by atoms with Crippen molar-refractivity contribution in [3.05, 3.63) is 74.6 Å². The van der Waals surface area contributed by atoms with Gasteiger partial charge in [0.2, 0.25) is 0 Å². The van der Waals surface area contributed by atoms with Crippen molar-refractivity contribution >= 4 is 32.7 Å². The summed E-state index contributed by atoms with van der Waals surface area (Å²) in [5.74, 6) is -0.762. The molecule has 0 bridgehead atoms. The molecule has 0 aliphatic carbocycles. The molecule has 24 heavy (non-hydrogen) atoms. The number of rotatable bonds is 4. The van der Waals surface area contributed by atoms with E-state index in [2.05, 4.69) is 15.9 Å². The van der Waals surface area contributed by atoms with Crippen LogP contribution in [-0.4, -0.2) is 10.9 Å². The standard InChI is InChI=1S/C19H15BrO4/c1-11(21)10-15(12-6-8-13(20)9-7-12)17-18(22)14-4-2-3-5-16(14)24-19(17)23/h2-9,15,22H,10H2,1H3. The number of carbonyl (C=O) groups is 1. The molecule has 3 rings (SSSR count). The van der Waals surface area contributed by atoms with Gasteiger partial charge in [-0.25, -0.2) is 4.79 Å². The fraction of sp³-hybridized carbons (Fsp3) is 0.158. The minimum atomic E-state index is -0.625. The van der Waals surface area contributed by atoms with Gasteiger partial charge in [0.25, 0.3) is 0 Å². The van der Waals surface area contributed by atoms with Crippen LogP contribution in [0, 0.1) is 0 Å². The summed E-state index contributed by atoms with van der Waals surface area (Å²) >= 11 is 3.37. The number of hydrogen-bond donors (Lipinski definition) is 1. The van der Waals surface area contributed by atoms with Crippen LogP contribution in [0.5, 0.6) is 5.75 Å². The first-order valence-electron chi connectivity index (χ1n) is 7.47. The van der Waals surface area contributed by atoms with Crippen LogP contribution < -0.4 is 5.63 Å². The molecule has 3 aromatic rings. The smallest absolute Gasteiger partial charge is 0.343 e. The van der Waals surface area contributed by atoms with Crippen molar-refractivity contribution < 1.29 is 14.3 Å². The van der Waals surface area contributed by atoms with Crippen molar-refractivity contribution in [3.63, 3.8) is 0 Å². The van der Waals surface area contributed by atoms with Gasteiger partial charge in [-0.15, -0.1) is 0 Å². The first-order chi connectivity index (χ1) is 11.5. The van der Waals surface area contributed by atoms with Crippen LogP contribution in [0.2, 0.25) is 0 Å². The van der Waals surface area contributed by atoms with Crippen LogP contribution >= 0.6 is 15.9 Å². The largest absolute Gasteiger partial charge is 0.507 e. The number of halogens is 1. The van der Waals surface area contributed by atoms with Crippen LogP contribution in [0.3, 0.4) is 0 Å². The molecule has 2 aromatic carbocycles. The van der Waals surface area contributed by atoms with Crippen molar-refractivity contribution in [2.24, 2.45) is 0 Å². The number of fused-ring (bicyclic) bond motifs is 1. The first-order valence-corrected chi connectivity index (χ1v) is 8.26. The zero-order valence-electron chi connectivity index (χ0n) is 13.0. The lowest BCUT2D eigenvalue weighted by atomic mass is 9.87. The third-order valence-corrected chi connectivity index (χ3v) is 4.46. The third kappa shape index (κ3) is 3.12. The molecule has 1 heterocycles. The lowest BCUT2D eigenvalue weighted by molar-refractivity contribution is -0.117. The van der Waals surface area contributed by atoms with Gasteiger partial charge in [-0.05, 0) is 36.8 Å². The summed E-state index contributed by atoms with van der Waals surface area (Å²) in [4.78, 5) is 24.2. The summed E-state index contributed by atoms with van der Waals surface area (Å²) in [7, 11) is 0. The van der Waals surface area contributed by atoms with Gasteiger partial charge in [0, 0.05) is 16.8 Å². The predicted molar refractivity (Wildman–Crippen MR) is 95.4 cm³/mol. The minimum Gasteiger partial charge on any atom is -0.507 e. The fourth-order valence-electron chi connectivity index (χ4n) is 2.82. The Hall–Kier alpha value is -2.40. The molecule has 0 amide bonds. The fourth-order valence-corrected chi connectivity index (χ4v) is 3.09. The zero-order chi connectivity index (χ0) is 17.3. The Bertz CT molecular complexity index is 957. The number of carbonyl (C=O) groups excluding carboxylic acids is 1. The maximum atomic E-state index is 12.5. The molecule has 0 radical (unpaired) electrons. The van der Waals surface area contributed by atoms with E-state index in [0.29, 0.717) is 11.0 Å². The molecule has 122 valence electrons. The van der Waals surface area contributed by atoms with Crippen molar-refractivity contribution in [3.8, 4) is 5.75 Å². The molecule has 0 aliphatic rings.